The fraction of sp³-hybridized carbons (Fsp3) is 0.0500. The lowest BCUT2D eigenvalue weighted by atomic mass is 10.1. The van der Waals surface area contributed by atoms with Crippen LogP contribution in [-0.4, -0.2) is 15.2 Å². The lowest BCUT2D eigenvalue weighted by Crippen LogP contribution is -1.91. The third kappa shape index (κ3) is 3.14. The second kappa shape index (κ2) is 6.81. The van der Waals surface area contributed by atoms with Crippen molar-refractivity contribution in [2.24, 2.45) is 0 Å². The zero-order valence-corrected chi connectivity index (χ0v) is 13.8. The average Bonchev–Trinajstić information content (AvgIpc) is 2.67. The highest BCUT2D eigenvalue weighted by atomic mass is 32.2. The Morgan fingerprint density at radius 3 is 2.42 bits per heavy atom. The van der Waals surface area contributed by atoms with Crippen LogP contribution in [0.15, 0.2) is 84.0 Å². The minimum atomic E-state index is 0.796. The maximum atomic E-state index is 4.32. The molecule has 0 aliphatic rings. The number of hydrogen-bond donors (Lipinski definition) is 0. The molecule has 0 bridgehead atoms. The van der Waals surface area contributed by atoms with E-state index in [1.54, 1.807) is 18.0 Å². The van der Waals surface area contributed by atoms with Crippen molar-refractivity contribution in [3.63, 3.8) is 0 Å². The van der Waals surface area contributed by atoms with Crippen molar-refractivity contribution in [1.82, 2.24) is 15.2 Å². The number of thioether (sulfide) groups is 1. The van der Waals surface area contributed by atoms with Crippen molar-refractivity contribution in [2.75, 3.05) is 0 Å². The van der Waals surface area contributed by atoms with E-state index in [0.717, 1.165) is 22.2 Å². The highest BCUT2D eigenvalue weighted by molar-refractivity contribution is 7.98. The Morgan fingerprint density at radius 1 is 0.708 bits per heavy atom. The average molecular weight is 329 g/mol. The minimum absolute atomic E-state index is 0.796. The third-order valence-corrected chi connectivity index (χ3v) is 4.79. The lowest BCUT2D eigenvalue weighted by Gasteiger charge is -2.06. The Balaban J connectivity index is 1.52. The lowest BCUT2D eigenvalue weighted by molar-refractivity contribution is 0.931. The minimum Gasteiger partial charge on any atom is -0.255 e. The van der Waals surface area contributed by atoms with Crippen molar-refractivity contribution in [3.8, 4) is 11.4 Å². The first-order chi connectivity index (χ1) is 11.9. The number of fused-ring (bicyclic) bond motifs is 1. The van der Waals surface area contributed by atoms with Crippen molar-refractivity contribution < 1.29 is 0 Å². The van der Waals surface area contributed by atoms with E-state index >= 15 is 0 Å². The van der Waals surface area contributed by atoms with E-state index in [9.17, 15) is 0 Å². The first kappa shape index (κ1) is 14.8. The van der Waals surface area contributed by atoms with E-state index < -0.39 is 0 Å². The highest BCUT2D eigenvalue weighted by Crippen LogP contribution is 2.26. The van der Waals surface area contributed by atoms with E-state index in [1.807, 2.05) is 30.3 Å². The first-order valence-electron chi connectivity index (χ1n) is 7.75. The largest absolute Gasteiger partial charge is 0.255 e. The van der Waals surface area contributed by atoms with Crippen LogP contribution in [0.25, 0.3) is 22.2 Å². The summed E-state index contributed by atoms with van der Waals surface area (Å²) in [6.07, 6.45) is 1.76. The summed E-state index contributed by atoms with van der Waals surface area (Å²) in [5.74, 6) is 0.874. The highest BCUT2D eigenvalue weighted by Gasteiger charge is 2.05. The molecule has 4 rings (SSSR count). The number of nitrogens with zero attached hydrogens (tertiary/aromatic N) is 3. The third-order valence-electron chi connectivity index (χ3n) is 3.82. The van der Waals surface area contributed by atoms with Crippen LogP contribution in [0, 0.1) is 0 Å². The Hall–Kier alpha value is -2.72. The van der Waals surface area contributed by atoms with Gasteiger partial charge in [0.15, 0.2) is 0 Å². The fourth-order valence-corrected chi connectivity index (χ4v) is 3.44. The van der Waals surface area contributed by atoms with Crippen LogP contribution in [0.4, 0.5) is 0 Å². The van der Waals surface area contributed by atoms with Gasteiger partial charge in [0.1, 0.15) is 10.7 Å². The number of hydrogen-bond acceptors (Lipinski definition) is 4. The van der Waals surface area contributed by atoms with Gasteiger partial charge in [-0.05, 0) is 40.6 Å². The summed E-state index contributed by atoms with van der Waals surface area (Å²) in [6.45, 7) is 0. The van der Waals surface area contributed by atoms with E-state index in [1.165, 1.54) is 16.3 Å². The van der Waals surface area contributed by atoms with Crippen molar-refractivity contribution in [1.29, 1.82) is 0 Å². The SMILES string of the molecule is c1ccc(-c2ccc(SCc3cccc4ccccc34)nn2)nc1. The van der Waals surface area contributed by atoms with Crippen LogP contribution < -0.4 is 0 Å². The van der Waals surface area contributed by atoms with Crippen LogP contribution in [0.5, 0.6) is 0 Å². The smallest absolute Gasteiger partial charge is 0.119 e. The van der Waals surface area contributed by atoms with E-state index in [2.05, 4.69) is 57.6 Å². The van der Waals surface area contributed by atoms with Gasteiger partial charge in [-0.3, -0.25) is 4.98 Å². The summed E-state index contributed by atoms with van der Waals surface area (Å²) in [6, 6.07) is 24.6. The molecule has 0 saturated carbocycles. The molecule has 3 nitrogen and oxygen atoms in total. The van der Waals surface area contributed by atoms with Gasteiger partial charge < -0.3 is 0 Å². The van der Waals surface area contributed by atoms with Gasteiger partial charge in [-0.1, -0.05) is 60.3 Å². The maximum absolute atomic E-state index is 4.32. The van der Waals surface area contributed by atoms with Gasteiger partial charge in [0.2, 0.25) is 0 Å². The van der Waals surface area contributed by atoms with Crippen LogP contribution >= 0.6 is 11.8 Å². The number of benzene rings is 2. The van der Waals surface area contributed by atoms with Gasteiger partial charge in [0, 0.05) is 11.9 Å². The molecule has 0 atom stereocenters. The molecular weight excluding hydrogens is 314 g/mol. The summed E-state index contributed by atoms with van der Waals surface area (Å²) < 4.78 is 0. The van der Waals surface area contributed by atoms with E-state index in [4.69, 9.17) is 0 Å². The topological polar surface area (TPSA) is 38.7 Å². The van der Waals surface area contributed by atoms with Gasteiger partial charge >= 0.3 is 0 Å². The summed E-state index contributed by atoms with van der Waals surface area (Å²) in [5.41, 5.74) is 2.95. The molecule has 4 aromatic rings. The Bertz CT molecular complexity index is 948. The molecule has 2 aromatic carbocycles. The van der Waals surface area contributed by atoms with Gasteiger partial charge in [-0.25, -0.2) is 0 Å². The van der Waals surface area contributed by atoms with Crippen molar-refractivity contribution in [3.05, 3.63) is 84.6 Å². The number of pyridine rings is 1. The summed E-state index contributed by atoms with van der Waals surface area (Å²) in [5, 5.41) is 12.1. The predicted octanol–water partition coefficient (Wildman–Crippen LogP) is 4.98. The molecule has 0 spiro atoms. The zero-order chi connectivity index (χ0) is 16.2. The molecule has 0 unspecified atom stereocenters. The molecule has 0 aliphatic heterocycles. The Kier molecular flexibility index (Phi) is 4.21. The zero-order valence-electron chi connectivity index (χ0n) is 13.0. The summed E-state index contributed by atoms with van der Waals surface area (Å²) in [4.78, 5) is 4.30. The summed E-state index contributed by atoms with van der Waals surface area (Å²) in [7, 11) is 0. The monoisotopic (exact) mass is 329 g/mol. The molecule has 116 valence electrons. The van der Waals surface area contributed by atoms with E-state index in [0.29, 0.717) is 0 Å². The van der Waals surface area contributed by atoms with Crippen LogP contribution in [-0.2, 0) is 5.75 Å². The van der Waals surface area contributed by atoms with Gasteiger partial charge in [-0.2, -0.15) is 0 Å². The fourth-order valence-electron chi connectivity index (χ4n) is 2.62. The van der Waals surface area contributed by atoms with Crippen molar-refractivity contribution in [2.45, 2.75) is 10.8 Å². The van der Waals surface area contributed by atoms with Gasteiger partial charge in [-0.15, -0.1) is 10.2 Å². The second-order valence-corrected chi connectivity index (χ2v) is 6.39. The standard InChI is InChI=1S/C20H15N3S/c1-2-9-17-15(6-1)7-5-8-16(17)14-24-20-12-11-19(22-23-20)18-10-3-4-13-21-18/h1-13H,14H2. The number of rotatable bonds is 4. The van der Waals surface area contributed by atoms with Crippen LogP contribution in [0.1, 0.15) is 5.56 Å². The molecular formula is C20H15N3S. The van der Waals surface area contributed by atoms with Gasteiger partial charge in [0.25, 0.3) is 0 Å². The number of aromatic nitrogens is 3. The summed E-state index contributed by atoms with van der Waals surface area (Å²) >= 11 is 1.70. The Labute approximate surface area is 144 Å². The molecule has 0 N–H and O–H groups in total. The molecule has 0 radical (unpaired) electrons. The maximum Gasteiger partial charge on any atom is 0.119 e. The quantitative estimate of drug-likeness (QED) is 0.495. The van der Waals surface area contributed by atoms with E-state index in [-0.39, 0.29) is 0 Å². The predicted molar refractivity (Wildman–Crippen MR) is 98.8 cm³/mol. The van der Waals surface area contributed by atoms with Crippen molar-refractivity contribution >= 4 is 22.5 Å². The molecule has 24 heavy (non-hydrogen) atoms. The van der Waals surface area contributed by atoms with Crippen LogP contribution in [0.3, 0.4) is 0 Å². The molecule has 0 saturated heterocycles. The first-order valence-corrected chi connectivity index (χ1v) is 8.73. The second-order valence-electron chi connectivity index (χ2n) is 5.40. The molecule has 0 amide bonds. The molecule has 0 aliphatic carbocycles. The normalized spacial score (nSPS) is 10.8. The van der Waals surface area contributed by atoms with Gasteiger partial charge in [0.05, 0.1) is 5.69 Å². The Morgan fingerprint density at radius 2 is 1.58 bits per heavy atom. The van der Waals surface area contributed by atoms with Crippen LogP contribution in [0.2, 0.25) is 0 Å². The molecule has 2 heterocycles. The molecule has 2 aromatic heterocycles. The molecule has 0 fully saturated rings. The molecule has 4 heteroatoms.